The highest BCUT2D eigenvalue weighted by atomic mass is 16.2. The molecular formula is C14H14N2O2. The molecule has 0 amide bonds. The monoisotopic (exact) mass is 242 g/mol. The van der Waals surface area contributed by atoms with Crippen LogP contribution in [0.15, 0.2) is 41.5 Å². The van der Waals surface area contributed by atoms with Gasteiger partial charge in [-0.1, -0.05) is 23.8 Å². The minimum absolute atomic E-state index is 0.0244. The Balaban J connectivity index is 2.28. The van der Waals surface area contributed by atoms with Crippen molar-refractivity contribution >= 4 is 5.78 Å². The number of hydrogen-bond acceptors (Lipinski definition) is 3. The molecule has 0 spiro atoms. The van der Waals surface area contributed by atoms with Crippen LogP contribution in [0.3, 0.4) is 0 Å². The Bertz CT molecular complexity index is 644. The van der Waals surface area contributed by atoms with E-state index in [0.29, 0.717) is 5.56 Å². The zero-order chi connectivity index (χ0) is 13.1. The molecule has 92 valence electrons. The number of hydrogen-bond donors (Lipinski definition) is 0. The van der Waals surface area contributed by atoms with E-state index in [0.717, 1.165) is 11.1 Å². The van der Waals surface area contributed by atoms with Gasteiger partial charge in [-0.15, -0.1) is 0 Å². The molecule has 4 nitrogen and oxygen atoms in total. The van der Waals surface area contributed by atoms with Crippen LogP contribution in [-0.4, -0.2) is 15.3 Å². The van der Waals surface area contributed by atoms with Gasteiger partial charge in [0.05, 0.1) is 6.54 Å². The van der Waals surface area contributed by atoms with Crippen LogP contribution in [0.4, 0.5) is 0 Å². The second kappa shape index (κ2) is 4.96. The molecule has 0 saturated carbocycles. The summed E-state index contributed by atoms with van der Waals surface area (Å²) in [5.41, 5.74) is 2.28. The molecule has 18 heavy (non-hydrogen) atoms. The van der Waals surface area contributed by atoms with E-state index in [1.54, 1.807) is 18.3 Å². The Morgan fingerprint density at radius 2 is 2.11 bits per heavy atom. The highest BCUT2D eigenvalue weighted by molar-refractivity contribution is 5.97. The molecule has 0 aliphatic rings. The van der Waals surface area contributed by atoms with Gasteiger partial charge in [0.2, 0.25) is 0 Å². The summed E-state index contributed by atoms with van der Waals surface area (Å²) in [6.07, 6.45) is 2.98. The summed E-state index contributed by atoms with van der Waals surface area (Å²) in [4.78, 5) is 27.2. The van der Waals surface area contributed by atoms with Gasteiger partial charge in [0.25, 0.3) is 0 Å². The number of ketones is 1. The highest BCUT2D eigenvalue weighted by Crippen LogP contribution is 2.11. The number of carbonyl (C=O) groups excluding carboxylic acids is 1. The minimum Gasteiger partial charge on any atom is -0.292 e. The second-order valence-electron chi connectivity index (χ2n) is 4.27. The Kier molecular flexibility index (Phi) is 3.37. The number of Topliss-reactive ketones (excluding diaryl/α,β-unsaturated/α-hetero) is 1. The average Bonchev–Trinajstić information content (AvgIpc) is 2.32. The van der Waals surface area contributed by atoms with E-state index in [2.05, 4.69) is 4.98 Å². The lowest BCUT2D eigenvalue weighted by Gasteiger charge is -2.07. The van der Waals surface area contributed by atoms with Crippen LogP contribution in [0, 0.1) is 13.8 Å². The van der Waals surface area contributed by atoms with E-state index in [-0.39, 0.29) is 12.3 Å². The van der Waals surface area contributed by atoms with Crippen molar-refractivity contribution in [3.05, 3.63) is 63.8 Å². The van der Waals surface area contributed by atoms with E-state index in [1.807, 2.05) is 26.0 Å². The fraction of sp³-hybridized carbons (Fsp3) is 0.214. The first kappa shape index (κ1) is 12.2. The van der Waals surface area contributed by atoms with Crippen molar-refractivity contribution < 1.29 is 4.79 Å². The van der Waals surface area contributed by atoms with Crippen LogP contribution in [0.1, 0.15) is 21.5 Å². The molecule has 0 N–H and O–H groups in total. The highest BCUT2D eigenvalue weighted by Gasteiger charge is 2.10. The molecule has 2 aromatic rings. The second-order valence-corrected chi connectivity index (χ2v) is 4.27. The maximum atomic E-state index is 12.1. The van der Waals surface area contributed by atoms with E-state index in [9.17, 15) is 9.59 Å². The van der Waals surface area contributed by atoms with Crippen LogP contribution in [0.25, 0.3) is 0 Å². The average molecular weight is 242 g/mol. The van der Waals surface area contributed by atoms with Crippen molar-refractivity contribution in [1.82, 2.24) is 9.55 Å². The van der Waals surface area contributed by atoms with Gasteiger partial charge in [0.15, 0.2) is 5.78 Å². The smallest absolute Gasteiger partial charge is 0.292 e. The molecule has 0 saturated heterocycles. The van der Waals surface area contributed by atoms with Gasteiger partial charge in [0.1, 0.15) is 0 Å². The quantitative estimate of drug-likeness (QED) is 0.770. The third-order valence-electron chi connectivity index (χ3n) is 2.78. The van der Waals surface area contributed by atoms with Crippen LogP contribution in [0.2, 0.25) is 0 Å². The molecule has 2 rings (SSSR count). The summed E-state index contributed by atoms with van der Waals surface area (Å²) >= 11 is 0. The first-order chi connectivity index (χ1) is 8.58. The van der Waals surface area contributed by atoms with Gasteiger partial charge < -0.3 is 0 Å². The molecule has 0 fully saturated rings. The molecule has 0 radical (unpaired) electrons. The third kappa shape index (κ3) is 2.53. The Morgan fingerprint density at radius 3 is 2.78 bits per heavy atom. The van der Waals surface area contributed by atoms with Crippen molar-refractivity contribution in [2.24, 2.45) is 0 Å². The maximum absolute atomic E-state index is 12.1. The predicted molar refractivity (Wildman–Crippen MR) is 68.7 cm³/mol. The molecule has 1 aromatic heterocycles. The molecule has 0 aliphatic carbocycles. The van der Waals surface area contributed by atoms with Crippen LogP contribution < -0.4 is 5.69 Å². The summed E-state index contributed by atoms with van der Waals surface area (Å²) in [6.45, 7) is 3.90. The van der Waals surface area contributed by atoms with Gasteiger partial charge in [-0.25, -0.2) is 9.78 Å². The van der Waals surface area contributed by atoms with Gasteiger partial charge in [0, 0.05) is 18.0 Å². The lowest BCUT2D eigenvalue weighted by molar-refractivity contribution is 0.0969. The van der Waals surface area contributed by atoms with Crippen molar-refractivity contribution in [1.29, 1.82) is 0 Å². The molecule has 0 aliphatic heterocycles. The van der Waals surface area contributed by atoms with Gasteiger partial charge in [-0.3, -0.25) is 9.36 Å². The lowest BCUT2D eigenvalue weighted by Crippen LogP contribution is -2.25. The Hall–Kier alpha value is -2.23. The number of nitrogens with zero attached hydrogens (tertiary/aromatic N) is 2. The minimum atomic E-state index is -0.407. The van der Waals surface area contributed by atoms with Gasteiger partial charge >= 0.3 is 5.69 Å². The molecule has 0 bridgehead atoms. The number of aryl methyl sites for hydroxylation is 2. The molecule has 1 aromatic carbocycles. The molecule has 0 unspecified atom stereocenters. The molecular weight excluding hydrogens is 228 g/mol. The summed E-state index contributed by atoms with van der Waals surface area (Å²) in [7, 11) is 0. The van der Waals surface area contributed by atoms with Gasteiger partial charge in [-0.2, -0.15) is 0 Å². The van der Waals surface area contributed by atoms with E-state index >= 15 is 0 Å². The number of benzene rings is 1. The van der Waals surface area contributed by atoms with Crippen LogP contribution >= 0.6 is 0 Å². The largest absolute Gasteiger partial charge is 0.347 e. The van der Waals surface area contributed by atoms with Crippen molar-refractivity contribution in [2.45, 2.75) is 20.4 Å². The third-order valence-corrected chi connectivity index (χ3v) is 2.78. The fourth-order valence-electron chi connectivity index (χ4n) is 1.87. The maximum Gasteiger partial charge on any atom is 0.347 e. The Morgan fingerprint density at radius 1 is 1.33 bits per heavy atom. The van der Waals surface area contributed by atoms with Crippen molar-refractivity contribution in [3.8, 4) is 0 Å². The summed E-state index contributed by atoms with van der Waals surface area (Å²) in [6, 6.07) is 7.29. The number of aromatic nitrogens is 2. The van der Waals surface area contributed by atoms with Crippen molar-refractivity contribution in [3.63, 3.8) is 0 Å². The summed E-state index contributed by atoms with van der Waals surface area (Å²) in [5.74, 6) is -0.0809. The summed E-state index contributed by atoms with van der Waals surface area (Å²) in [5, 5.41) is 0. The normalized spacial score (nSPS) is 10.3. The molecule has 0 atom stereocenters. The van der Waals surface area contributed by atoms with Gasteiger partial charge in [-0.05, 0) is 25.5 Å². The van der Waals surface area contributed by atoms with E-state index in [1.165, 1.54) is 10.8 Å². The SMILES string of the molecule is Cc1ccc(C(=O)Cn2cccnc2=O)c(C)c1. The molecule has 4 heteroatoms. The van der Waals surface area contributed by atoms with E-state index < -0.39 is 5.69 Å². The predicted octanol–water partition coefficient (Wildman–Crippen LogP) is 1.74. The lowest BCUT2D eigenvalue weighted by atomic mass is 10.0. The van der Waals surface area contributed by atoms with E-state index in [4.69, 9.17) is 0 Å². The van der Waals surface area contributed by atoms with Crippen LogP contribution in [0.5, 0.6) is 0 Å². The van der Waals surface area contributed by atoms with Crippen molar-refractivity contribution in [2.75, 3.05) is 0 Å². The van der Waals surface area contributed by atoms with Crippen LogP contribution in [-0.2, 0) is 6.54 Å². The topological polar surface area (TPSA) is 52.0 Å². The first-order valence-corrected chi connectivity index (χ1v) is 5.70. The molecule has 1 heterocycles. The first-order valence-electron chi connectivity index (χ1n) is 5.70. The standard InChI is InChI=1S/C14H14N2O2/c1-10-4-5-12(11(2)8-10)13(17)9-16-7-3-6-15-14(16)18/h3-8H,9H2,1-2H3. The number of carbonyl (C=O) groups is 1. The fourth-order valence-corrected chi connectivity index (χ4v) is 1.87. The Labute approximate surface area is 105 Å². The summed E-state index contributed by atoms with van der Waals surface area (Å²) < 4.78 is 1.31. The zero-order valence-corrected chi connectivity index (χ0v) is 10.4. The zero-order valence-electron chi connectivity index (χ0n) is 10.4. The number of rotatable bonds is 3.